The normalized spacial score (nSPS) is 13.0. The van der Waals surface area contributed by atoms with Crippen molar-refractivity contribution in [3.8, 4) is 16.9 Å². The Balaban J connectivity index is 1.61. The van der Waals surface area contributed by atoms with Crippen LogP contribution in [0.5, 0.6) is 5.75 Å². The summed E-state index contributed by atoms with van der Waals surface area (Å²) < 4.78 is 5.25. The van der Waals surface area contributed by atoms with Gasteiger partial charge >= 0.3 is 0 Å². The van der Waals surface area contributed by atoms with Crippen LogP contribution in [0.1, 0.15) is 32.7 Å². The number of hydrogen-bond acceptors (Lipinski definition) is 3. The topological polar surface area (TPSA) is 42.4 Å². The Morgan fingerprint density at radius 1 is 0.935 bits per heavy atom. The summed E-state index contributed by atoms with van der Waals surface area (Å²) in [5.41, 5.74) is 8.15. The first kappa shape index (κ1) is 19.3. The number of methoxy groups -OCH3 is 1. The maximum atomic E-state index is 13.3. The summed E-state index contributed by atoms with van der Waals surface area (Å²) in [5, 5.41) is 1.10. The van der Waals surface area contributed by atoms with Crippen molar-refractivity contribution >= 4 is 16.8 Å². The number of carbonyl (C=O) groups is 1. The maximum Gasteiger partial charge on any atom is 0.273 e. The Hall–Kier alpha value is -3.66. The van der Waals surface area contributed by atoms with Crippen molar-refractivity contribution in [1.82, 2.24) is 9.88 Å². The van der Waals surface area contributed by atoms with Crippen molar-refractivity contribution in [3.05, 3.63) is 94.7 Å². The number of nitrogens with zero attached hydrogens (tertiary/aromatic N) is 2. The van der Waals surface area contributed by atoms with Crippen molar-refractivity contribution in [2.24, 2.45) is 0 Å². The second kappa shape index (κ2) is 7.55. The van der Waals surface area contributed by atoms with Crippen LogP contribution in [0.4, 0.5) is 0 Å². The molecule has 4 aromatic rings. The van der Waals surface area contributed by atoms with E-state index in [0.717, 1.165) is 38.9 Å². The van der Waals surface area contributed by atoms with Crippen LogP contribution in [-0.2, 0) is 13.1 Å². The van der Waals surface area contributed by atoms with Crippen LogP contribution in [0, 0.1) is 13.8 Å². The molecule has 1 amide bonds. The number of rotatable bonds is 4. The number of benzene rings is 3. The number of pyridine rings is 1. The first-order valence-corrected chi connectivity index (χ1v) is 10.5. The van der Waals surface area contributed by atoms with E-state index in [0.29, 0.717) is 18.8 Å². The molecule has 0 spiro atoms. The van der Waals surface area contributed by atoms with Gasteiger partial charge in [-0.25, -0.2) is 4.98 Å². The highest BCUT2D eigenvalue weighted by atomic mass is 16.5. The standard InChI is InChI=1S/C27H24N2O2/c1-17-4-9-20(10-5-17)25-22-14-18(2)6-13-24(22)28-26-23(25)16-29(27(26)30)15-19-7-11-21(31-3)12-8-19/h4-14H,15-16H2,1-3H3. The van der Waals surface area contributed by atoms with E-state index in [1.165, 1.54) is 11.1 Å². The van der Waals surface area contributed by atoms with E-state index < -0.39 is 0 Å². The van der Waals surface area contributed by atoms with Crippen molar-refractivity contribution in [2.45, 2.75) is 26.9 Å². The van der Waals surface area contributed by atoms with Crippen molar-refractivity contribution < 1.29 is 9.53 Å². The second-order valence-electron chi connectivity index (χ2n) is 8.21. The van der Waals surface area contributed by atoms with E-state index in [9.17, 15) is 4.79 Å². The maximum absolute atomic E-state index is 13.3. The van der Waals surface area contributed by atoms with Crippen LogP contribution in [0.25, 0.3) is 22.0 Å². The van der Waals surface area contributed by atoms with Gasteiger partial charge in [-0.1, -0.05) is 53.6 Å². The molecule has 0 saturated heterocycles. The molecule has 1 aliphatic heterocycles. The number of ether oxygens (including phenoxy) is 1. The molecule has 154 valence electrons. The summed E-state index contributed by atoms with van der Waals surface area (Å²) in [4.78, 5) is 20.0. The van der Waals surface area contributed by atoms with E-state index in [1.807, 2.05) is 35.2 Å². The molecule has 0 N–H and O–H groups in total. The van der Waals surface area contributed by atoms with E-state index in [1.54, 1.807) is 7.11 Å². The summed E-state index contributed by atoms with van der Waals surface area (Å²) >= 11 is 0. The second-order valence-corrected chi connectivity index (χ2v) is 8.21. The number of carbonyl (C=O) groups excluding carboxylic acids is 1. The molecule has 31 heavy (non-hydrogen) atoms. The number of hydrogen-bond donors (Lipinski definition) is 0. The van der Waals surface area contributed by atoms with Gasteiger partial charge in [0.1, 0.15) is 11.4 Å². The summed E-state index contributed by atoms with van der Waals surface area (Å²) in [6, 6.07) is 22.6. The Labute approximate surface area is 182 Å². The Morgan fingerprint density at radius 2 is 1.65 bits per heavy atom. The molecule has 0 radical (unpaired) electrons. The van der Waals surface area contributed by atoms with Gasteiger partial charge in [0.05, 0.1) is 12.6 Å². The van der Waals surface area contributed by atoms with Crippen LogP contribution in [0.15, 0.2) is 66.7 Å². The first-order valence-electron chi connectivity index (χ1n) is 10.5. The number of aryl methyl sites for hydroxylation is 2. The fourth-order valence-electron chi connectivity index (χ4n) is 4.29. The molecule has 1 aliphatic rings. The zero-order valence-electron chi connectivity index (χ0n) is 18.0. The molecule has 0 unspecified atom stereocenters. The van der Waals surface area contributed by atoms with E-state index in [-0.39, 0.29) is 5.91 Å². The van der Waals surface area contributed by atoms with Gasteiger partial charge in [-0.2, -0.15) is 0 Å². The Bertz CT molecular complexity index is 1290. The van der Waals surface area contributed by atoms with E-state index in [2.05, 4.69) is 50.2 Å². The summed E-state index contributed by atoms with van der Waals surface area (Å²) in [5.74, 6) is 0.798. The summed E-state index contributed by atoms with van der Waals surface area (Å²) in [6.07, 6.45) is 0. The van der Waals surface area contributed by atoms with Gasteiger partial charge in [-0.15, -0.1) is 0 Å². The van der Waals surface area contributed by atoms with Crippen molar-refractivity contribution in [2.75, 3.05) is 7.11 Å². The largest absolute Gasteiger partial charge is 0.497 e. The predicted molar refractivity (Wildman–Crippen MR) is 123 cm³/mol. The molecule has 0 aliphatic carbocycles. The number of fused-ring (bicyclic) bond motifs is 2. The lowest BCUT2D eigenvalue weighted by molar-refractivity contribution is 0.0762. The molecule has 2 heterocycles. The number of amides is 1. The van der Waals surface area contributed by atoms with Gasteiger partial charge in [-0.05, 0) is 54.8 Å². The minimum atomic E-state index is -0.0124. The lowest BCUT2D eigenvalue weighted by Gasteiger charge is -2.16. The molecule has 0 bridgehead atoms. The lowest BCUT2D eigenvalue weighted by atomic mass is 9.94. The molecule has 5 rings (SSSR count). The molecule has 0 atom stereocenters. The SMILES string of the molecule is COc1ccc(CN2Cc3c(nc4ccc(C)cc4c3-c3ccc(C)cc3)C2=O)cc1. The minimum Gasteiger partial charge on any atom is -0.497 e. The zero-order valence-corrected chi connectivity index (χ0v) is 18.0. The van der Waals surface area contributed by atoms with Gasteiger partial charge in [0.2, 0.25) is 0 Å². The molecule has 3 aromatic carbocycles. The summed E-state index contributed by atoms with van der Waals surface area (Å²) in [6.45, 7) is 5.28. The first-order chi connectivity index (χ1) is 15.0. The van der Waals surface area contributed by atoms with Crippen LogP contribution in [-0.4, -0.2) is 22.9 Å². The van der Waals surface area contributed by atoms with Gasteiger partial charge in [0.25, 0.3) is 5.91 Å². The molecule has 0 saturated carbocycles. The van der Waals surface area contributed by atoms with Crippen LogP contribution in [0.3, 0.4) is 0 Å². The van der Waals surface area contributed by atoms with Gasteiger partial charge in [0.15, 0.2) is 0 Å². The monoisotopic (exact) mass is 408 g/mol. The highest BCUT2D eigenvalue weighted by molar-refractivity contribution is 6.06. The third kappa shape index (κ3) is 3.44. The highest BCUT2D eigenvalue weighted by Crippen LogP contribution is 2.38. The summed E-state index contributed by atoms with van der Waals surface area (Å²) in [7, 11) is 1.65. The quantitative estimate of drug-likeness (QED) is 0.436. The third-order valence-electron chi connectivity index (χ3n) is 5.95. The van der Waals surface area contributed by atoms with Crippen molar-refractivity contribution in [3.63, 3.8) is 0 Å². The average molecular weight is 409 g/mol. The van der Waals surface area contributed by atoms with Crippen LogP contribution >= 0.6 is 0 Å². The van der Waals surface area contributed by atoms with E-state index >= 15 is 0 Å². The molecule has 0 fully saturated rings. The van der Waals surface area contributed by atoms with Crippen LogP contribution in [0.2, 0.25) is 0 Å². The molecule has 1 aromatic heterocycles. The average Bonchev–Trinajstić information content (AvgIpc) is 3.08. The van der Waals surface area contributed by atoms with Crippen molar-refractivity contribution in [1.29, 1.82) is 0 Å². The molecule has 4 nitrogen and oxygen atoms in total. The smallest absolute Gasteiger partial charge is 0.273 e. The predicted octanol–water partition coefficient (Wildman–Crippen LogP) is 5.68. The Morgan fingerprint density at radius 3 is 2.35 bits per heavy atom. The fraction of sp³-hybridized carbons (Fsp3) is 0.185. The molecular formula is C27H24N2O2. The fourth-order valence-corrected chi connectivity index (χ4v) is 4.29. The van der Waals surface area contributed by atoms with Crippen LogP contribution < -0.4 is 4.74 Å². The van der Waals surface area contributed by atoms with Gasteiger partial charge < -0.3 is 9.64 Å². The third-order valence-corrected chi connectivity index (χ3v) is 5.95. The lowest BCUT2D eigenvalue weighted by Crippen LogP contribution is -2.23. The highest BCUT2D eigenvalue weighted by Gasteiger charge is 2.32. The number of aromatic nitrogens is 1. The Kier molecular flexibility index (Phi) is 4.70. The van der Waals surface area contributed by atoms with E-state index in [4.69, 9.17) is 9.72 Å². The van der Waals surface area contributed by atoms with Gasteiger partial charge in [0, 0.05) is 24.0 Å². The molecule has 4 heteroatoms. The van der Waals surface area contributed by atoms with Gasteiger partial charge in [-0.3, -0.25) is 4.79 Å². The minimum absolute atomic E-state index is 0.0124. The molecular weight excluding hydrogens is 384 g/mol. The zero-order chi connectivity index (χ0) is 21.5.